The van der Waals surface area contributed by atoms with Crippen molar-refractivity contribution in [1.82, 2.24) is 0 Å². The van der Waals surface area contributed by atoms with Crippen LogP contribution in [0.2, 0.25) is 0 Å². The van der Waals surface area contributed by atoms with E-state index in [9.17, 15) is 0 Å². The fourth-order valence-corrected chi connectivity index (χ4v) is 2.62. The first-order chi connectivity index (χ1) is 9.06. The van der Waals surface area contributed by atoms with Crippen LogP contribution in [0.3, 0.4) is 0 Å². The average molecular weight is 341 g/mol. The van der Waals surface area contributed by atoms with Crippen LogP contribution >= 0.6 is 15.9 Å². The number of hydrogen-bond acceptors (Lipinski definition) is 4. The minimum absolute atomic E-state index is 0.289. The molecule has 0 saturated carbocycles. The van der Waals surface area contributed by atoms with E-state index in [1.165, 1.54) is 0 Å². The zero-order chi connectivity index (χ0) is 14.7. The molecule has 0 aliphatic carbocycles. The van der Waals surface area contributed by atoms with Gasteiger partial charge in [0.1, 0.15) is 0 Å². The summed E-state index contributed by atoms with van der Waals surface area (Å²) >= 11 is 3.52. The van der Waals surface area contributed by atoms with Gasteiger partial charge in [0.05, 0.1) is 0 Å². The van der Waals surface area contributed by atoms with Gasteiger partial charge in [-0.15, -0.1) is 0 Å². The summed E-state index contributed by atoms with van der Waals surface area (Å²) < 4.78 is 22.9. The fraction of sp³-hybridized carbons (Fsp3) is 1.00. The second-order valence-electron chi connectivity index (χ2n) is 4.28. The summed E-state index contributed by atoms with van der Waals surface area (Å²) in [6.45, 7) is 11.8. The number of unbranched alkanes of at least 4 members (excludes halogenated alkanes) is 1. The zero-order valence-electron chi connectivity index (χ0n) is 12.9. The molecule has 0 spiro atoms. The molecule has 0 aromatic heterocycles. The van der Waals surface area contributed by atoms with Gasteiger partial charge in [0, 0.05) is 26.2 Å². The molecule has 2 atom stereocenters. The largest absolute Gasteiger partial charge is 0.353 e. The Morgan fingerprint density at radius 1 is 1.05 bits per heavy atom. The first-order valence-corrected chi connectivity index (χ1v) is 8.16. The molecule has 0 amide bonds. The van der Waals surface area contributed by atoms with Crippen LogP contribution in [0.5, 0.6) is 0 Å². The number of alkyl halides is 1. The predicted octanol–water partition coefficient (Wildman–Crippen LogP) is 4.07. The van der Waals surface area contributed by atoms with Gasteiger partial charge in [0.15, 0.2) is 11.3 Å². The van der Waals surface area contributed by atoms with Gasteiger partial charge >= 0.3 is 0 Å². The normalized spacial score (nSPS) is 15.5. The molecule has 116 valence electrons. The smallest absolute Gasteiger partial charge is 0.204 e. The van der Waals surface area contributed by atoms with Gasteiger partial charge in [-0.05, 0) is 27.2 Å². The van der Waals surface area contributed by atoms with Gasteiger partial charge in [-0.25, -0.2) is 0 Å². The SMILES string of the molecule is CCCCOC(C)OC(Br)C(CC)(OCC)OCC. The first-order valence-electron chi connectivity index (χ1n) is 7.25. The maximum atomic E-state index is 5.80. The number of rotatable bonds is 12. The van der Waals surface area contributed by atoms with E-state index in [1.807, 2.05) is 27.7 Å². The van der Waals surface area contributed by atoms with Crippen LogP contribution in [-0.4, -0.2) is 36.9 Å². The molecular formula is C14H29BrO4. The quantitative estimate of drug-likeness (QED) is 0.305. The highest BCUT2D eigenvalue weighted by molar-refractivity contribution is 9.09. The van der Waals surface area contributed by atoms with Gasteiger partial charge < -0.3 is 18.9 Å². The van der Waals surface area contributed by atoms with E-state index in [-0.39, 0.29) is 11.3 Å². The molecule has 0 aliphatic heterocycles. The lowest BCUT2D eigenvalue weighted by atomic mass is 10.2. The molecule has 0 aromatic rings. The van der Waals surface area contributed by atoms with Gasteiger partial charge in [0.25, 0.3) is 0 Å². The first kappa shape index (κ1) is 19.3. The van der Waals surface area contributed by atoms with Crippen molar-refractivity contribution in [2.24, 2.45) is 0 Å². The predicted molar refractivity (Wildman–Crippen MR) is 80.4 cm³/mol. The molecule has 0 aliphatic rings. The Kier molecular flexibility index (Phi) is 11.2. The van der Waals surface area contributed by atoms with Gasteiger partial charge in [-0.3, -0.25) is 0 Å². The van der Waals surface area contributed by atoms with E-state index < -0.39 is 5.79 Å². The molecule has 0 aromatic carbocycles. The second-order valence-corrected chi connectivity index (χ2v) is 5.11. The molecule has 0 bridgehead atoms. The van der Waals surface area contributed by atoms with Crippen molar-refractivity contribution in [3.8, 4) is 0 Å². The molecule has 2 unspecified atom stereocenters. The summed E-state index contributed by atoms with van der Waals surface area (Å²) in [6.07, 6.45) is 2.56. The summed E-state index contributed by atoms with van der Waals surface area (Å²) in [6, 6.07) is 0. The van der Waals surface area contributed by atoms with E-state index in [4.69, 9.17) is 18.9 Å². The molecular weight excluding hydrogens is 312 g/mol. The fourth-order valence-electron chi connectivity index (χ4n) is 1.73. The van der Waals surface area contributed by atoms with E-state index >= 15 is 0 Å². The van der Waals surface area contributed by atoms with Crippen molar-refractivity contribution in [2.45, 2.75) is 71.0 Å². The topological polar surface area (TPSA) is 36.9 Å². The Hall–Kier alpha value is 0.320. The maximum absolute atomic E-state index is 5.80. The van der Waals surface area contributed by atoms with Crippen molar-refractivity contribution >= 4 is 15.9 Å². The Bertz CT molecular complexity index is 208. The molecule has 0 rings (SSSR count). The van der Waals surface area contributed by atoms with Crippen molar-refractivity contribution in [3.05, 3.63) is 0 Å². The highest BCUT2D eigenvalue weighted by Crippen LogP contribution is 2.30. The monoisotopic (exact) mass is 340 g/mol. The number of ether oxygens (including phenoxy) is 4. The third kappa shape index (κ3) is 7.04. The maximum Gasteiger partial charge on any atom is 0.204 e. The van der Waals surface area contributed by atoms with E-state index in [0.717, 1.165) is 12.8 Å². The van der Waals surface area contributed by atoms with E-state index in [2.05, 4.69) is 22.9 Å². The molecule has 0 saturated heterocycles. The van der Waals surface area contributed by atoms with Crippen LogP contribution in [0.1, 0.15) is 53.9 Å². The van der Waals surface area contributed by atoms with Crippen molar-refractivity contribution < 1.29 is 18.9 Å². The highest BCUT2D eigenvalue weighted by Gasteiger charge is 2.39. The average Bonchev–Trinajstić information content (AvgIpc) is 2.38. The third-order valence-electron chi connectivity index (χ3n) is 2.78. The molecule has 0 fully saturated rings. The molecule has 4 nitrogen and oxygen atoms in total. The number of halogens is 1. The Balaban J connectivity index is 4.40. The van der Waals surface area contributed by atoms with Crippen LogP contribution < -0.4 is 0 Å². The lowest BCUT2D eigenvalue weighted by Gasteiger charge is -2.37. The lowest BCUT2D eigenvalue weighted by Crippen LogP contribution is -2.46. The summed E-state index contributed by atoms with van der Waals surface area (Å²) in [5, 5.41) is -0.360. The van der Waals surface area contributed by atoms with Gasteiger partial charge in [-0.2, -0.15) is 0 Å². The Morgan fingerprint density at radius 3 is 2.05 bits per heavy atom. The Labute approximate surface area is 126 Å². The van der Waals surface area contributed by atoms with Crippen molar-refractivity contribution in [2.75, 3.05) is 19.8 Å². The van der Waals surface area contributed by atoms with Crippen LogP contribution in [0.4, 0.5) is 0 Å². The third-order valence-corrected chi connectivity index (χ3v) is 3.69. The molecule has 0 radical (unpaired) electrons. The summed E-state index contributed by atoms with van der Waals surface area (Å²) in [5.74, 6) is -0.758. The van der Waals surface area contributed by atoms with Crippen LogP contribution in [0.15, 0.2) is 0 Å². The summed E-state index contributed by atoms with van der Waals surface area (Å²) in [4.78, 5) is 0. The summed E-state index contributed by atoms with van der Waals surface area (Å²) in [5.41, 5.74) is 0. The van der Waals surface area contributed by atoms with Crippen molar-refractivity contribution in [3.63, 3.8) is 0 Å². The standard InChI is InChI=1S/C14H29BrO4/c1-6-10-11-16-12(5)19-13(15)14(7-2,17-8-3)18-9-4/h12-13H,6-11H2,1-5H3. The van der Waals surface area contributed by atoms with Crippen LogP contribution in [-0.2, 0) is 18.9 Å². The lowest BCUT2D eigenvalue weighted by molar-refractivity contribution is -0.290. The Morgan fingerprint density at radius 2 is 1.63 bits per heavy atom. The van der Waals surface area contributed by atoms with Crippen molar-refractivity contribution in [1.29, 1.82) is 0 Å². The molecule has 19 heavy (non-hydrogen) atoms. The van der Waals surface area contributed by atoms with E-state index in [1.54, 1.807) is 0 Å². The minimum atomic E-state index is -0.758. The number of hydrogen-bond donors (Lipinski definition) is 0. The molecule has 0 heterocycles. The minimum Gasteiger partial charge on any atom is -0.353 e. The zero-order valence-corrected chi connectivity index (χ0v) is 14.5. The highest BCUT2D eigenvalue weighted by atomic mass is 79.9. The van der Waals surface area contributed by atoms with Crippen LogP contribution in [0, 0.1) is 0 Å². The van der Waals surface area contributed by atoms with E-state index in [0.29, 0.717) is 26.2 Å². The summed E-state index contributed by atoms with van der Waals surface area (Å²) in [7, 11) is 0. The molecule has 0 N–H and O–H groups in total. The van der Waals surface area contributed by atoms with Gasteiger partial charge in [0.2, 0.25) is 5.79 Å². The second kappa shape index (κ2) is 11.0. The van der Waals surface area contributed by atoms with Crippen LogP contribution in [0.25, 0.3) is 0 Å². The van der Waals surface area contributed by atoms with Gasteiger partial charge in [-0.1, -0.05) is 36.2 Å². The molecule has 5 heteroatoms.